The lowest BCUT2D eigenvalue weighted by Gasteiger charge is -2.02. The highest BCUT2D eigenvalue weighted by Crippen LogP contribution is 2.15. The summed E-state index contributed by atoms with van der Waals surface area (Å²) < 4.78 is 0. The molecule has 0 saturated heterocycles. The van der Waals surface area contributed by atoms with Gasteiger partial charge in [0.2, 0.25) is 5.69 Å². The minimum absolute atomic E-state index is 0.115. The van der Waals surface area contributed by atoms with Crippen LogP contribution in [0.3, 0.4) is 0 Å². The van der Waals surface area contributed by atoms with Crippen LogP contribution in [0.15, 0.2) is 24.3 Å². The molecule has 82 valence electrons. The number of halogens is 1. The van der Waals surface area contributed by atoms with E-state index in [9.17, 15) is 4.79 Å². The SMILES string of the molecule is Cc1ccccc1-n1nc(Cl)c(C(=O)O)n1. The van der Waals surface area contributed by atoms with E-state index in [0.29, 0.717) is 5.69 Å². The molecule has 0 bridgehead atoms. The van der Waals surface area contributed by atoms with Gasteiger partial charge in [-0.1, -0.05) is 29.8 Å². The third kappa shape index (κ3) is 1.77. The highest BCUT2D eigenvalue weighted by atomic mass is 35.5. The normalized spacial score (nSPS) is 10.4. The van der Waals surface area contributed by atoms with Crippen LogP contribution in [-0.2, 0) is 0 Å². The van der Waals surface area contributed by atoms with Gasteiger partial charge in [-0.15, -0.1) is 15.0 Å². The number of hydrogen-bond acceptors (Lipinski definition) is 3. The van der Waals surface area contributed by atoms with Gasteiger partial charge in [-0.3, -0.25) is 0 Å². The van der Waals surface area contributed by atoms with Crippen molar-refractivity contribution in [2.24, 2.45) is 0 Å². The van der Waals surface area contributed by atoms with Crippen molar-refractivity contribution in [3.05, 3.63) is 40.7 Å². The highest BCUT2D eigenvalue weighted by Gasteiger charge is 2.17. The summed E-state index contributed by atoms with van der Waals surface area (Å²) in [6.45, 7) is 1.88. The average Bonchev–Trinajstić information content (AvgIpc) is 2.61. The highest BCUT2D eigenvalue weighted by molar-refractivity contribution is 6.31. The van der Waals surface area contributed by atoms with E-state index in [4.69, 9.17) is 16.7 Å². The largest absolute Gasteiger partial charge is 0.476 e. The quantitative estimate of drug-likeness (QED) is 0.867. The van der Waals surface area contributed by atoms with Crippen LogP contribution in [0.2, 0.25) is 5.15 Å². The number of nitrogens with zero attached hydrogens (tertiary/aromatic N) is 3. The standard InChI is InChI=1S/C10H8ClN3O2/c1-6-4-2-3-5-7(6)14-12-8(10(15)16)9(11)13-14/h2-5H,1H3,(H,15,16). The third-order valence-corrected chi connectivity index (χ3v) is 2.36. The predicted molar refractivity (Wildman–Crippen MR) is 58.1 cm³/mol. The number of hydrogen-bond donors (Lipinski definition) is 1. The van der Waals surface area contributed by atoms with E-state index in [1.807, 2.05) is 25.1 Å². The van der Waals surface area contributed by atoms with Gasteiger partial charge in [0.25, 0.3) is 0 Å². The number of aromatic nitrogens is 3. The van der Waals surface area contributed by atoms with Gasteiger partial charge in [0, 0.05) is 0 Å². The second-order valence-electron chi connectivity index (χ2n) is 3.22. The van der Waals surface area contributed by atoms with Crippen molar-refractivity contribution in [2.45, 2.75) is 6.92 Å². The lowest BCUT2D eigenvalue weighted by Crippen LogP contribution is -2.03. The van der Waals surface area contributed by atoms with E-state index in [1.165, 1.54) is 4.80 Å². The molecule has 0 atom stereocenters. The van der Waals surface area contributed by atoms with Crippen molar-refractivity contribution < 1.29 is 9.90 Å². The van der Waals surface area contributed by atoms with Crippen molar-refractivity contribution in [2.75, 3.05) is 0 Å². The van der Waals surface area contributed by atoms with E-state index in [0.717, 1.165) is 5.56 Å². The van der Waals surface area contributed by atoms with Crippen LogP contribution in [-0.4, -0.2) is 26.1 Å². The first-order chi connectivity index (χ1) is 7.59. The minimum atomic E-state index is -1.19. The summed E-state index contributed by atoms with van der Waals surface area (Å²) in [5, 5.41) is 16.3. The molecule has 0 aliphatic carbocycles. The van der Waals surface area contributed by atoms with Gasteiger partial charge in [0.05, 0.1) is 5.69 Å². The molecule has 0 fully saturated rings. The summed E-state index contributed by atoms with van der Waals surface area (Å²) in [7, 11) is 0. The number of aromatic carboxylic acids is 1. The predicted octanol–water partition coefficient (Wildman–Crippen LogP) is 1.93. The summed E-state index contributed by atoms with van der Waals surface area (Å²) in [6, 6.07) is 7.37. The minimum Gasteiger partial charge on any atom is -0.476 e. The van der Waals surface area contributed by atoms with Crippen LogP contribution in [0, 0.1) is 6.92 Å². The fourth-order valence-electron chi connectivity index (χ4n) is 1.32. The fraction of sp³-hybridized carbons (Fsp3) is 0.100. The Balaban J connectivity index is 2.54. The molecule has 0 amide bonds. The number of carbonyl (C=O) groups is 1. The molecule has 2 rings (SSSR count). The molecule has 1 heterocycles. The summed E-state index contributed by atoms with van der Waals surface area (Å²) >= 11 is 5.67. The number of carboxylic acids is 1. The second-order valence-corrected chi connectivity index (χ2v) is 3.58. The molecule has 1 aromatic carbocycles. The Hall–Kier alpha value is -1.88. The Morgan fingerprint density at radius 2 is 2.06 bits per heavy atom. The van der Waals surface area contributed by atoms with Crippen LogP contribution in [0.5, 0.6) is 0 Å². The van der Waals surface area contributed by atoms with Crippen molar-refractivity contribution in [1.82, 2.24) is 15.0 Å². The molecule has 0 radical (unpaired) electrons. The lowest BCUT2D eigenvalue weighted by molar-refractivity contribution is 0.0690. The summed E-state index contributed by atoms with van der Waals surface area (Å²) in [6.07, 6.45) is 0. The monoisotopic (exact) mass is 237 g/mol. The van der Waals surface area contributed by atoms with Gasteiger partial charge >= 0.3 is 5.97 Å². The first-order valence-corrected chi connectivity index (χ1v) is 4.89. The van der Waals surface area contributed by atoms with E-state index in [1.54, 1.807) is 6.07 Å². The van der Waals surface area contributed by atoms with Crippen LogP contribution in [0.4, 0.5) is 0 Å². The van der Waals surface area contributed by atoms with Crippen LogP contribution >= 0.6 is 11.6 Å². The smallest absolute Gasteiger partial charge is 0.359 e. The fourth-order valence-corrected chi connectivity index (χ4v) is 1.51. The molecular formula is C10H8ClN3O2. The zero-order chi connectivity index (χ0) is 11.7. The Morgan fingerprint density at radius 3 is 2.62 bits per heavy atom. The molecule has 16 heavy (non-hydrogen) atoms. The van der Waals surface area contributed by atoms with Crippen molar-refractivity contribution in [3.8, 4) is 5.69 Å². The zero-order valence-corrected chi connectivity index (χ0v) is 9.14. The maximum atomic E-state index is 10.8. The molecule has 0 spiro atoms. The molecule has 0 aliphatic heterocycles. The molecule has 5 nitrogen and oxygen atoms in total. The Bertz CT molecular complexity index is 551. The van der Waals surface area contributed by atoms with Crippen molar-refractivity contribution in [3.63, 3.8) is 0 Å². The number of rotatable bonds is 2. The molecule has 0 unspecified atom stereocenters. The van der Waals surface area contributed by atoms with Gasteiger partial charge in [-0.2, -0.15) is 0 Å². The maximum Gasteiger partial charge on any atom is 0.359 e. The zero-order valence-electron chi connectivity index (χ0n) is 8.38. The number of para-hydroxylation sites is 1. The summed E-state index contributed by atoms with van der Waals surface area (Å²) in [5.41, 5.74) is 1.40. The molecular weight excluding hydrogens is 230 g/mol. The first kappa shape index (κ1) is 10.6. The molecule has 2 aromatic rings. The van der Waals surface area contributed by atoms with E-state index < -0.39 is 5.97 Å². The van der Waals surface area contributed by atoms with Gasteiger partial charge < -0.3 is 5.11 Å². The van der Waals surface area contributed by atoms with E-state index in [2.05, 4.69) is 10.2 Å². The van der Waals surface area contributed by atoms with E-state index in [-0.39, 0.29) is 10.8 Å². The van der Waals surface area contributed by atoms with Gasteiger partial charge in [-0.05, 0) is 18.6 Å². The lowest BCUT2D eigenvalue weighted by atomic mass is 10.2. The summed E-state index contributed by atoms with van der Waals surface area (Å²) in [5.74, 6) is -1.19. The maximum absolute atomic E-state index is 10.8. The van der Waals surface area contributed by atoms with Crippen molar-refractivity contribution in [1.29, 1.82) is 0 Å². The number of carboxylic acid groups (broad SMARTS) is 1. The second kappa shape index (κ2) is 3.94. The first-order valence-electron chi connectivity index (χ1n) is 4.51. The Labute approximate surface area is 96.3 Å². The van der Waals surface area contributed by atoms with Gasteiger partial charge in [0.15, 0.2) is 5.15 Å². The number of aryl methyl sites for hydroxylation is 1. The molecule has 6 heteroatoms. The average molecular weight is 238 g/mol. The Kier molecular flexibility index (Phi) is 2.62. The van der Waals surface area contributed by atoms with Crippen molar-refractivity contribution >= 4 is 17.6 Å². The summed E-state index contributed by atoms with van der Waals surface area (Å²) in [4.78, 5) is 12.0. The van der Waals surface area contributed by atoms with Crippen LogP contribution in [0.1, 0.15) is 16.1 Å². The molecule has 0 saturated carbocycles. The molecule has 1 N–H and O–H groups in total. The topological polar surface area (TPSA) is 68.0 Å². The van der Waals surface area contributed by atoms with Gasteiger partial charge in [0.1, 0.15) is 0 Å². The van der Waals surface area contributed by atoms with Crippen LogP contribution in [0.25, 0.3) is 5.69 Å². The molecule has 1 aromatic heterocycles. The number of benzene rings is 1. The Morgan fingerprint density at radius 1 is 1.38 bits per heavy atom. The third-order valence-electron chi connectivity index (χ3n) is 2.11. The van der Waals surface area contributed by atoms with Gasteiger partial charge in [-0.25, -0.2) is 4.79 Å². The molecule has 0 aliphatic rings. The van der Waals surface area contributed by atoms with Crippen LogP contribution < -0.4 is 0 Å². The van der Waals surface area contributed by atoms with E-state index >= 15 is 0 Å².